The second kappa shape index (κ2) is 6.93. The van der Waals surface area contributed by atoms with Crippen molar-refractivity contribution in [2.24, 2.45) is 5.73 Å². The fourth-order valence-electron chi connectivity index (χ4n) is 2.79. The number of anilines is 1. The molecule has 0 bridgehead atoms. The molecule has 3 N–H and O–H groups in total. The van der Waals surface area contributed by atoms with Gasteiger partial charge in [0.2, 0.25) is 0 Å². The van der Waals surface area contributed by atoms with Crippen molar-refractivity contribution in [1.82, 2.24) is 0 Å². The van der Waals surface area contributed by atoms with Crippen LogP contribution in [0.3, 0.4) is 0 Å². The average molecular weight is 402 g/mol. The van der Waals surface area contributed by atoms with Gasteiger partial charge in [-0.25, -0.2) is 8.42 Å². The Balaban J connectivity index is 1.95. The van der Waals surface area contributed by atoms with Gasteiger partial charge in [-0.05, 0) is 42.8 Å². The largest absolute Gasteiger partial charge is 0.496 e. The second-order valence-corrected chi connectivity index (χ2v) is 7.68. The zero-order valence-electron chi connectivity index (χ0n) is 14.2. The number of rotatable bonds is 4. The highest BCUT2D eigenvalue weighted by atomic mass is 32.2. The lowest BCUT2D eigenvalue weighted by Crippen LogP contribution is -2.34. The van der Waals surface area contributed by atoms with E-state index in [9.17, 15) is 21.6 Å². The lowest BCUT2D eigenvalue weighted by Gasteiger charge is -2.26. The normalized spacial score (nSPS) is 17.0. The van der Waals surface area contributed by atoms with Crippen molar-refractivity contribution in [1.29, 1.82) is 0 Å². The molecule has 0 saturated carbocycles. The van der Waals surface area contributed by atoms with Crippen LogP contribution in [0.4, 0.5) is 18.9 Å². The number of fused-ring (bicyclic) bond motifs is 1. The number of hydrogen-bond donors (Lipinski definition) is 2. The third-order valence-corrected chi connectivity index (χ3v) is 5.47. The number of sulfonamides is 1. The Kier molecular flexibility index (Phi) is 4.96. The molecule has 0 amide bonds. The minimum absolute atomic E-state index is 0.0000730. The van der Waals surface area contributed by atoms with Gasteiger partial charge in [-0.3, -0.25) is 4.72 Å². The number of benzene rings is 2. The van der Waals surface area contributed by atoms with E-state index in [1.165, 1.54) is 19.2 Å². The highest BCUT2D eigenvalue weighted by molar-refractivity contribution is 7.92. The standard InChI is InChI=1S/C17H17F3N2O4S/c1-25-14-6-7-15(16-13(14)8-11(21)9-26-16)27(23,24)22-12-4-2-10(3-5-12)17(18,19)20/h2-7,11,22H,8-9,21H2,1H3/t11-/m1/s1. The number of nitrogens with two attached hydrogens (primary N) is 1. The van der Waals surface area contributed by atoms with Gasteiger partial charge in [0, 0.05) is 17.3 Å². The summed E-state index contributed by atoms with van der Waals surface area (Å²) in [5, 5.41) is 0. The fourth-order valence-corrected chi connectivity index (χ4v) is 4.02. The first-order chi connectivity index (χ1) is 12.6. The van der Waals surface area contributed by atoms with E-state index in [4.69, 9.17) is 15.2 Å². The molecule has 0 unspecified atom stereocenters. The van der Waals surface area contributed by atoms with Crippen LogP contribution in [0.2, 0.25) is 0 Å². The summed E-state index contributed by atoms with van der Waals surface area (Å²) >= 11 is 0. The Hall–Kier alpha value is -2.46. The van der Waals surface area contributed by atoms with E-state index in [0.29, 0.717) is 17.7 Å². The Morgan fingerprint density at radius 2 is 1.85 bits per heavy atom. The molecule has 0 aliphatic carbocycles. The van der Waals surface area contributed by atoms with E-state index in [1.54, 1.807) is 0 Å². The Labute approximate surface area is 154 Å². The van der Waals surface area contributed by atoms with Gasteiger partial charge < -0.3 is 15.2 Å². The maximum Gasteiger partial charge on any atom is 0.416 e. The molecular weight excluding hydrogens is 385 g/mol. The first-order valence-electron chi connectivity index (χ1n) is 7.90. The number of alkyl halides is 3. The molecule has 0 spiro atoms. The van der Waals surface area contributed by atoms with Crippen molar-refractivity contribution in [2.45, 2.75) is 23.5 Å². The van der Waals surface area contributed by atoms with Crippen molar-refractivity contribution >= 4 is 15.7 Å². The van der Waals surface area contributed by atoms with Gasteiger partial charge in [0.1, 0.15) is 23.0 Å². The van der Waals surface area contributed by atoms with E-state index in [0.717, 1.165) is 24.3 Å². The predicted octanol–water partition coefficient (Wildman–Crippen LogP) is 2.78. The predicted molar refractivity (Wildman–Crippen MR) is 92.4 cm³/mol. The minimum atomic E-state index is -4.50. The summed E-state index contributed by atoms with van der Waals surface area (Å²) in [6.07, 6.45) is -4.12. The van der Waals surface area contributed by atoms with Crippen molar-refractivity contribution in [3.05, 3.63) is 47.5 Å². The molecular formula is C17H17F3N2O4S. The molecule has 0 saturated heterocycles. The quantitative estimate of drug-likeness (QED) is 0.821. The number of ether oxygens (including phenoxy) is 2. The molecule has 1 atom stereocenters. The first-order valence-corrected chi connectivity index (χ1v) is 9.38. The SMILES string of the molecule is COc1ccc(S(=O)(=O)Nc2ccc(C(F)(F)F)cc2)c2c1C[C@@H](N)CO2. The summed E-state index contributed by atoms with van der Waals surface area (Å²) in [6.45, 7) is 0.142. The first kappa shape index (κ1) is 19.3. The van der Waals surface area contributed by atoms with Crippen LogP contribution in [0.5, 0.6) is 11.5 Å². The molecule has 0 fully saturated rings. The molecule has 0 radical (unpaired) electrons. The molecule has 27 heavy (non-hydrogen) atoms. The molecule has 10 heteroatoms. The van der Waals surface area contributed by atoms with Crippen LogP contribution in [-0.2, 0) is 22.6 Å². The zero-order valence-corrected chi connectivity index (χ0v) is 15.0. The van der Waals surface area contributed by atoms with Gasteiger partial charge in [0.15, 0.2) is 0 Å². The van der Waals surface area contributed by atoms with Gasteiger partial charge in [-0.15, -0.1) is 0 Å². The molecule has 6 nitrogen and oxygen atoms in total. The van der Waals surface area contributed by atoms with Gasteiger partial charge in [-0.1, -0.05) is 0 Å². The smallest absolute Gasteiger partial charge is 0.416 e. The highest BCUT2D eigenvalue weighted by Gasteiger charge is 2.31. The van der Waals surface area contributed by atoms with Crippen molar-refractivity contribution in [3.63, 3.8) is 0 Å². The zero-order chi connectivity index (χ0) is 19.8. The second-order valence-electron chi connectivity index (χ2n) is 6.03. The van der Waals surface area contributed by atoms with Gasteiger partial charge in [0.05, 0.1) is 12.7 Å². The van der Waals surface area contributed by atoms with Crippen LogP contribution in [0, 0.1) is 0 Å². The van der Waals surface area contributed by atoms with Crippen LogP contribution < -0.4 is 19.9 Å². The third-order valence-electron chi connectivity index (χ3n) is 4.06. The molecule has 1 heterocycles. The molecule has 1 aliphatic heterocycles. The summed E-state index contributed by atoms with van der Waals surface area (Å²) in [6, 6.07) is 6.21. The minimum Gasteiger partial charge on any atom is -0.496 e. The van der Waals surface area contributed by atoms with Crippen molar-refractivity contribution in [2.75, 3.05) is 18.4 Å². The average Bonchev–Trinajstić information content (AvgIpc) is 2.59. The monoisotopic (exact) mass is 402 g/mol. The summed E-state index contributed by atoms with van der Waals surface area (Å²) in [5.74, 6) is 0.587. The van der Waals surface area contributed by atoms with Crippen LogP contribution in [0.25, 0.3) is 0 Å². The summed E-state index contributed by atoms with van der Waals surface area (Å²) in [5.41, 5.74) is 5.53. The molecule has 3 rings (SSSR count). The lowest BCUT2D eigenvalue weighted by atomic mass is 10.0. The van der Waals surface area contributed by atoms with Crippen LogP contribution in [0.15, 0.2) is 41.3 Å². The van der Waals surface area contributed by atoms with E-state index in [1.807, 2.05) is 0 Å². The number of hydrogen-bond acceptors (Lipinski definition) is 5. The molecule has 2 aromatic rings. The molecule has 1 aliphatic rings. The van der Waals surface area contributed by atoms with Gasteiger partial charge >= 0.3 is 6.18 Å². The van der Waals surface area contributed by atoms with Crippen LogP contribution in [0.1, 0.15) is 11.1 Å². The van der Waals surface area contributed by atoms with Crippen molar-refractivity contribution in [3.8, 4) is 11.5 Å². The lowest BCUT2D eigenvalue weighted by molar-refractivity contribution is -0.137. The van der Waals surface area contributed by atoms with E-state index >= 15 is 0 Å². The Morgan fingerprint density at radius 3 is 2.44 bits per heavy atom. The van der Waals surface area contributed by atoms with E-state index in [2.05, 4.69) is 4.72 Å². The van der Waals surface area contributed by atoms with Crippen molar-refractivity contribution < 1.29 is 31.1 Å². The topological polar surface area (TPSA) is 90.7 Å². The third kappa shape index (κ3) is 3.96. The maximum absolute atomic E-state index is 12.8. The summed E-state index contributed by atoms with van der Waals surface area (Å²) in [4.78, 5) is -0.134. The van der Waals surface area contributed by atoms with Gasteiger partial charge in [-0.2, -0.15) is 13.2 Å². The highest BCUT2D eigenvalue weighted by Crippen LogP contribution is 2.39. The number of methoxy groups -OCH3 is 1. The fraction of sp³-hybridized carbons (Fsp3) is 0.294. The van der Waals surface area contributed by atoms with Gasteiger partial charge in [0.25, 0.3) is 10.0 Å². The number of nitrogens with one attached hydrogen (secondary N) is 1. The molecule has 2 aromatic carbocycles. The maximum atomic E-state index is 12.8. The molecule has 0 aromatic heterocycles. The van der Waals surface area contributed by atoms with Crippen LogP contribution >= 0.6 is 0 Å². The van der Waals surface area contributed by atoms with E-state index < -0.39 is 21.8 Å². The number of halogens is 3. The summed E-state index contributed by atoms with van der Waals surface area (Å²) in [7, 11) is -2.65. The van der Waals surface area contributed by atoms with Crippen LogP contribution in [-0.4, -0.2) is 28.2 Å². The Morgan fingerprint density at radius 1 is 1.19 bits per heavy atom. The molecule has 146 valence electrons. The van der Waals surface area contributed by atoms with E-state index in [-0.39, 0.29) is 29.0 Å². The Bertz CT molecular complexity index is 944. The summed E-state index contributed by atoms with van der Waals surface area (Å²) < 4.78 is 76.4.